The normalized spacial score (nSPS) is 31.5. The van der Waals surface area contributed by atoms with Crippen molar-refractivity contribution >= 4 is 5.97 Å². The highest BCUT2D eigenvalue weighted by molar-refractivity contribution is 5.77. The maximum absolute atomic E-state index is 10.8. The van der Waals surface area contributed by atoms with Crippen molar-refractivity contribution in [2.75, 3.05) is 13.1 Å². The standard InChI is InChI=1S/C11H22N2O2/c1-8-6-9(2)13(7-8)5-4-11(3,12)10(14)15/h8-9H,4-7,12H2,1-3H3,(H,14,15). The second-order valence-electron chi connectivity index (χ2n) is 5.16. The highest BCUT2D eigenvalue weighted by atomic mass is 16.4. The van der Waals surface area contributed by atoms with Gasteiger partial charge in [0.1, 0.15) is 5.54 Å². The molecule has 88 valence electrons. The van der Waals surface area contributed by atoms with Gasteiger partial charge in [0.05, 0.1) is 0 Å². The molecule has 0 radical (unpaired) electrons. The van der Waals surface area contributed by atoms with Crippen LogP contribution in [0, 0.1) is 5.92 Å². The number of carbonyl (C=O) groups is 1. The Kier molecular flexibility index (Phi) is 3.73. The molecule has 1 saturated heterocycles. The highest BCUT2D eigenvalue weighted by Crippen LogP contribution is 2.23. The van der Waals surface area contributed by atoms with E-state index in [4.69, 9.17) is 10.8 Å². The SMILES string of the molecule is CC1CC(C)N(CCC(C)(N)C(=O)O)C1. The summed E-state index contributed by atoms with van der Waals surface area (Å²) < 4.78 is 0. The van der Waals surface area contributed by atoms with E-state index in [2.05, 4.69) is 18.7 Å². The molecule has 1 heterocycles. The van der Waals surface area contributed by atoms with Crippen LogP contribution in [0.5, 0.6) is 0 Å². The smallest absolute Gasteiger partial charge is 0.323 e. The first-order valence-corrected chi connectivity index (χ1v) is 5.59. The molecule has 1 aliphatic rings. The maximum Gasteiger partial charge on any atom is 0.323 e. The summed E-state index contributed by atoms with van der Waals surface area (Å²) in [4.78, 5) is 13.2. The van der Waals surface area contributed by atoms with Crippen LogP contribution < -0.4 is 5.73 Å². The lowest BCUT2D eigenvalue weighted by Crippen LogP contribution is -2.47. The third-order valence-corrected chi connectivity index (χ3v) is 3.32. The van der Waals surface area contributed by atoms with Crippen LogP contribution in [0.2, 0.25) is 0 Å². The molecule has 0 aromatic rings. The van der Waals surface area contributed by atoms with Gasteiger partial charge in [0, 0.05) is 19.1 Å². The van der Waals surface area contributed by atoms with Gasteiger partial charge in [-0.2, -0.15) is 0 Å². The van der Waals surface area contributed by atoms with Gasteiger partial charge < -0.3 is 15.7 Å². The number of nitrogens with zero attached hydrogens (tertiary/aromatic N) is 1. The fourth-order valence-electron chi connectivity index (χ4n) is 2.18. The fraction of sp³-hybridized carbons (Fsp3) is 0.909. The van der Waals surface area contributed by atoms with E-state index in [1.165, 1.54) is 6.42 Å². The summed E-state index contributed by atoms with van der Waals surface area (Å²) in [6.07, 6.45) is 1.72. The Labute approximate surface area is 91.4 Å². The Morgan fingerprint density at radius 3 is 2.60 bits per heavy atom. The number of hydrogen-bond acceptors (Lipinski definition) is 3. The molecule has 1 aliphatic heterocycles. The number of likely N-dealkylation sites (tertiary alicyclic amines) is 1. The van der Waals surface area contributed by atoms with Crippen molar-refractivity contribution < 1.29 is 9.90 Å². The van der Waals surface area contributed by atoms with Gasteiger partial charge in [0.2, 0.25) is 0 Å². The van der Waals surface area contributed by atoms with Gasteiger partial charge in [-0.25, -0.2) is 0 Å². The van der Waals surface area contributed by atoms with E-state index < -0.39 is 11.5 Å². The predicted molar refractivity (Wildman–Crippen MR) is 59.7 cm³/mol. The van der Waals surface area contributed by atoms with Crippen LogP contribution in [0.3, 0.4) is 0 Å². The molecule has 1 rings (SSSR count). The second kappa shape index (κ2) is 4.49. The summed E-state index contributed by atoms with van der Waals surface area (Å²) in [7, 11) is 0. The first kappa shape index (κ1) is 12.5. The number of hydrogen-bond donors (Lipinski definition) is 2. The monoisotopic (exact) mass is 214 g/mol. The Bertz CT molecular complexity index is 241. The van der Waals surface area contributed by atoms with Gasteiger partial charge in [0.25, 0.3) is 0 Å². The van der Waals surface area contributed by atoms with E-state index >= 15 is 0 Å². The van der Waals surface area contributed by atoms with E-state index in [1.54, 1.807) is 6.92 Å². The minimum Gasteiger partial charge on any atom is -0.480 e. The van der Waals surface area contributed by atoms with Gasteiger partial charge in [-0.3, -0.25) is 4.79 Å². The molecule has 0 aromatic heterocycles. The quantitative estimate of drug-likeness (QED) is 0.730. The average molecular weight is 214 g/mol. The Hall–Kier alpha value is -0.610. The van der Waals surface area contributed by atoms with Gasteiger partial charge >= 0.3 is 5.97 Å². The van der Waals surface area contributed by atoms with Gasteiger partial charge in [-0.15, -0.1) is 0 Å². The fourth-order valence-corrected chi connectivity index (χ4v) is 2.18. The molecular formula is C11H22N2O2. The van der Waals surface area contributed by atoms with E-state index in [9.17, 15) is 4.79 Å². The molecular weight excluding hydrogens is 192 g/mol. The van der Waals surface area contributed by atoms with Crippen LogP contribution in [0.1, 0.15) is 33.6 Å². The predicted octanol–water partition coefficient (Wildman–Crippen LogP) is 0.909. The summed E-state index contributed by atoms with van der Waals surface area (Å²) >= 11 is 0. The number of carboxylic acid groups (broad SMARTS) is 1. The van der Waals surface area contributed by atoms with E-state index in [-0.39, 0.29) is 0 Å². The van der Waals surface area contributed by atoms with E-state index in [0.717, 1.165) is 13.1 Å². The highest BCUT2D eigenvalue weighted by Gasteiger charge is 2.31. The van der Waals surface area contributed by atoms with Gasteiger partial charge in [0.15, 0.2) is 0 Å². The molecule has 3 atom stereocenters. The molecule has 0 saturated carbocycles. The van der Waals surface area contributed by atoms with Crippen LogP contribution in [0.25, 0.3) is 0 Å². The van der Waals surface area contributed by atoms with Crippen molar-refractivity contribution in [1.29, 1.82) is 0 Å². The molecule has 3 unspecified atom stereocenters. The third-order valence-electron chi connectivity index (χ3n) is 3.32. The minimum atomic E-state index is -1.09. The number of rotatable bonds is 4. The van der Waals surface area contributed by atoms with Gasteiger partial charge in [-0.1, -0.05) is 6.92 Å². The maximum atomic E-state index is 10.8. The van der Waals surface area contributed by atoms with Crippen molar-refractivity contribution in [3.05, 3.63) is 0 Å². The lowest BCUT2D eigenvalue weighted by Gasteiger charge is -2.26. The molecule has 4 heteroatoms. The van der Waals surface area contributed by atoms with Crippen molar-refractivity contribution in [3.63, 3.8) is 0 Å². The number of nitrogens with two attached hydrogens (primary N) is 1. The first-order valence-electron chi connectivity index (χ1n) is 5.59. The zero-order valence-corrected chi connectivity index (χ0v) is 9.86. The Morgan fingerprint density at radius 1 is 1.60 bits per heavy atom. The van der Waals surface area contributed by atoms with Crippen molar-refractivity contribution in [2.45, 2.75) is 45.2 Å². The van der Waals surface area contributed by atoms with Crippen LogP contribution in [0.15, 0.2) is 0 Å². The largest absolute Gasteiger partial charge is 0.480 e. The lowest BCUT2D eigenvalue weighted by molar-refractivity contribution is -0.143. The van der Waals surface area contributed by atoms with Crippen LogP contribution in [-0.4, -0.2) is 40.6 Å². The first-order chi connectivity index (χ1) is 6.83. The molecule has 0 bridgehead atoms. The third kappa shape index (κ3) is 3.18. The zero-order valence-electron chi connectivity index (χ0n) is 9.86. The summed E-state index contributed by atoms with van der Waals surface area (Å²) in [5.74, 6) is -0.198. The molecule has 3 N–H and O–H groups in total. The molecule has 4 nitrogen and oxygen atoms in total. The molecule has 15 heavy (non-hydrogen) atoms. The topological polar surface area (TPSA) is 66.6 Å². The Morgan fingerprint density at radius 2 is 2.20 bits per heavy atom. The average Bonchev–Trinajstić information content (AvgIpc) is 2.41. The molecule has 0 aromatic carbocycles. The van der Waals surface area contributed by atoms with Crippen LogP contribution >= 0.6 is 0 Å². The summed E-state index contributed by atoms with van der Waals surface area (Å²) in [6, 6.07) is 0.560. The number of carboxylic acids is 1. The molecule has 0 amide bonds. The summed E-state index contributed by atoms with van der Waals surface area (Å²) in [5.41, 5.74) is 4.60. The van der Waals surface area contributed by atoms with Crippen molar-refractivity contribution in [3.8, 4) is 0 Å². The lowest BCUT2D eigenvalue weighted by atomic mass is 9.99. The van der Waals surface area contributed by atoms with E-state index in [0.29, 0.717) is 18.4 Å². The summed E-state index contributed by atoms with van der Waals surface area (Å²) in [6.45, 7) is 7.86. The van der Waals surface area contributed by atoms with Crippen molar-refractivity contribution in [2.24, 2.45) is 11.7 Å². The summed E-state index contributed by atoms with van der Waals surface area (Å²) in [5, 5.41) is 8.89. The van der Waals surface area contributed by atoms with E-state index in [1.807, 2.05) is 0 Å². The molecule has 1 fully saturated rings. The van der Waals surface area contributed by atoms with Crippen LogP contribution in [0.4, 0.5) is 0 Å². The zero-order chi connectivity index (χ0) is 11.6. The van der Waals surface area contributed by atoms with Crippen LogP contribution in [-0.2, 0) is 4.79 Å². The number of aliphatic carboxylic acids is 1. The minimum absolute atomic E-state index is 0.513. The van der Waals surface area contributed by atoms with Crippen molar-refractivity contribution in [1.82, 2.24) is 4.90 Å². The molecule has 0 spiro atoms. The second-order valence-corrected chi connectivity index (χ2v) is 5.16. The molecule has 0 aliphatic carbocycles. The Balaban J connectivity index is 2.40. The van der Waals surface area contributed by atoms with Gasteiger partial charge in [-0.05, 0) is 32.6 Å².